The van der Waals surface area contributed by atoms with Crippen LogP contribution in [0.4, 0.5) is 9.18 Å². The van der Waals surface area contributed by atoms with Gasteiger partial charge in [0.25, 0.3) is 0 Å². The van der Waals surface area contributed by atoms with Crippen molar-refractivity contribution in [2.75, 3.05) is 6.54 Å². The number of benzene rings is 1. The van der Waals surface area contributed by atoms with Gasteiger partial charge in [-0.05, 0) is 23.6 Å². The van der Waals surface area contributed by atoms with Crippen LogP contribution >= 0.6 is 15.9 Å². The molecule has 0 saturated heterocycles. The average molecular weight is 258 g/mol. The first-order valence-corrected chi connectivity index (χ1v) is 5.18. The van der Waals surface area contributed by atoms with Gasteiger partial charge >= 0.3 is 6.16 Å². The first-order chi connectivity index (χ1) is 6.68. The Balaban J connectivity index is 2.33. The highest BCUT2D eigenvalue weighted by atomic mass is 79.9. The van der Waals surface area contributed by atoms with Gasteiger partial charge in [-0.3, -0.25) is 0 Å². The van der Waals surface area contributed by atoms with Crippen LogP contribution in [-0.4, -0.2) is 17.6 Å². The van der Waals surface area contributed by atoms with Gasteiger partial charge in [-0.2, -0.15) is 0 Å². The molecule has 0 unspecified atom stereocenters. The zero-order valence-corrected chi connectivity index (χ0v) is 9.05. The van der Waals surface area contributed by atoms with E-state index in [0.29, 0.717) is 13.1 Å². The maximum absolute atomic E-state index is 12.5. The van der Waals surface area contributed by atoms with Gasteiger partial charge in [-0.1, -0.05) is 28.1 Å². The molecule has 2 nitrogen and oxygen atoms in total. The second kappa shape index (κ2) is 3.69. The highest BCUT2D eigenvalue weighted by molar-refractivity contribution is 9.10. The minimum Gasteiger partial charge on any atom is -0.310 e. The number of fused-ring (bicyclic) bond motifs is 1. The fourth-order valence-electron chi connectivity index (χ4n) is 1.69. The van der Waals surface area contributed by atoms with E-state index in [1.165, 1.54) is 10.5 Å². The highest BCUT2D eigenvalue weighted by Crippen LogP contribution is 2.26. The molecule has 0 aromatic heterocycles. The van der Waals surface area contributed by atoms with Crippen LogP contribution in [-0.2, 0) is 13.0 Å². The summed E-state index contributed by atoms with van der Waals surface area (Å²) in [5, 5.41) is 0. The second-order valence-corrected chi connectivity index (χ2v) is 4.16. The molecule has 2 rings (SSSR count). The molecule has 0 radical (unpaired) electrons. The molecule has 1 amide bonds. The Hall–Kier alpha value is -0.900. The Kier molecular flexibility index (Phi) is 2.54. The van der Waals surface area contributed by atoms with Gasteiger partial charge in [0, 0.05) is 17.6 Å². The van der Waals surface area contributed by atoms with E-state index in [0.717, 1.165) is 16.5 Å². The van der Waals surface area contributed by atoms with E-state index in [1.54, 1.807) is 0 Å². The van der Waals surface area contributed by atoms with E-state index in [2.05, 4.69) is 15.9 Å². The molecule has 0 fully saturated rings. The standard InChI is InChI=1S/C10H9BrFNO/c11-9-3-1-2-7-4-5-13(10(12)14)6-8(7)9/h1-3H,4-6H2. The number of hydrogen-bond donors (Lipinski definition) is 0. The molecule has 4 heteroatoms. The molecule has 0 saturated carbocycles. The maximum Gasteiger partial charge on any atom is 0.400 e. The van der Waals surface area contributed by atoms with Gasteiger partial charge in [0.05, 0.1) is 0 Å². The van der Waals surface area contributed by atoms with Gasteiger partial charge < -0.3 is 4.90 Å². The van der Waals surface area contributed by atoms with Crippen molar-refractivity contribution in [2.45, 2.75) is 13.0 Å². The van der Waals surface area contributed by atoms with Gasteiger partial charge in [0.2, 0.25) is 0 Å². The minimum absolute atomic E-state index is 0.367. The summed E-state index contributed by atoms with van der Waals surface area (Å²) in [5.74, 6) is 0. The molecule has 74 valence electrons. The molecule has 1 aliphatic rings. The van der Waals surface area contributed by atoms with Crippen LogP contribution in [0.2, 0.25) is 0 Å². The molecule has 1 aromatic carbocycles. The Morgan fingerprint density at radius 2 is 2.29 bits per heavy atom. The second-order valence-electron chi connectivity index (χ2n) is 3.30. The minimum atomic E-state index is -1.34. The number of rotatable bonds is 0. The molecule has 1 aromatic rings. The highest BCUT2D eigenvalue weighted by Gasteiger charge is 2.21. The number of amides is 1. The van der Waals surface area contributed by atoms with E-state index in [1.807, 2.05) is 18.2 Å². The third kappa shape index (κ3) is 1.66. The molecule has 0 atom stereocenters. The van der Waals surface area contributed by atoms with Crippen molar-refractivity contribution in [2.24, 2.45) is 0 Å². The smallest absolute Gasteiger partial charge is 0.310 e. The van der Waals surface area contributed by atoms with E-state index < -0.39 is 6.16 Å². The molecule has 14 heavy (non-hydrogen) atoms. The fraction of sp³-hybridized carbons (Fsp3) is 0.300. The largest absolute Gasteiger partial charge is 0.400 e. The van der Waals surface area contributed by atoms with E-state index in [9.17, 15) is 9.18 Å². The van der Waals surface area contributed by atoms with Crippen molar-refractivity contribution < 1.29 is 9.18 Å². The van der Waals surface area contributed by atoms with E-state index in [-0.39, 0.29) is 0 Å². The fourth-order valence-corrected chi connectivity index (χ4v) is 2.22. The summed E-state index contributed by atoms with van der Waals surface area (Å²) in [5.41, 5.74) is 2.21. The summed E-state index contributed by atoms with van der Waals surface area (Å²) in [6, 6.07) is 5.88. The van der Waals surface area contributed by atoms with Gasteiger partial charge in [-0.25, -0.2) is 4.79 Å². The molecule has 0 spiro atoms. The summed E-state index contributed by atoms with van der Waals surface area (Å²) < 4.78 is 13.4. The number of halogens is 2. The van der Waals surface area contributed by atoms with Crippen LogP contribution in [0.25, 0.3) is 0 Å². The lowest BCUT2D eigenvalue weighted by molar-refractivity contribution is 0.169. The summed E-state index contributed by atoms with van der Waals surface area (Å²) in [6.07, 6.45) is -0.615. The lowest BCUT2D eigenvalue weighted by Crippen LogP contribution is -2.32. The third-order valence-corrected chi connectivity index (χ3v) is 3.21. The number of hydrogen-bond acceptors (Lipinski definition) is 1. The predicted octanol–water partition coefficient (Wildman–Crippen LogP) is 2.90. The predicted molar refractivity (Wildman–Crippen MR) is 54.8 cm³/mol. The van der Waals surface area contributed by atoms with Gasteiger partial charge in [-0.15, -0.1) is 4.39 Å². The lowest BCUT2D eigenvalue weighted by Gasteiger charge is -2.26. The van der Waals surface area contributed by atoms with Crippen molar-refractivity contribution in [1.82, 2.24) is 4.90 Å². The molecule has 1 aliphatic heterocycles. The van der Waals surface area contributed by atoms with Crippen LogP contribution in [0.3, 0.4) is 0 Å². The number of carbonyl (C=O) groups is 1. The number of carbonyl (C=O) groups excluding carboxylic acids is 1. The lowest BCUT2D eigenvalue weighted by atomic mass is 10.0. The molecule has 1 heterocycles. The Morgan fingerprint density at radius 3 is 3.00 bits per heavy atom. The maximum atomic E-state index is 12.5. The van der Waals surface area contributed by atoms with Crippen molar-refractivity contribution >= 4 is 22.1 Å². The molecule has 0 aliphatic carbocycles. The van der Waals surface area contributed by atoms with Crippen LogP contribution in [0.1, 0.15) is 11.1 Å². The number of nitrogens with zero attached hydrogens (tertiary/aromatic N) is 1. The topological polar surface area (TPSA) is 20.3 Å². The average Bonchev–Trinajstić information content (AvgIpc) is 2.18. The first kappa shape index (κ1) is 9.65. The summed E-state index contributed by atoms with van der Waals surface area (Å²) in [4.78, 5) is 11.8. The molecule has 0 bridgehead atoms. The van der Waals surface area contributed by atoms with E-state index >= 15 is 0 Å². The van der Waals surface area contributed by atoms with Crippen molar-refractivity contribution in [3.63, 3.8) is 0 Å². The van der Waals surface area contributed by atoms with Gasteiger partial charge in [0.15, 0.2) is 0 Å². The van der Waals surface area contributed by atoms with Crippen LogP contribution in [0, 0.1) is 0 Å². The van der Waals surface area contributed by atoms with Gasteiger partial charge in [0.1, 0.15) is 0 Å². The summed E-state index contributed by atoms with van der Waals surface area (Å²) in [6.45, 7) is 0.838. The zero-order chi connectivity index (χ0) is 10.1. The van der Waals surface area contributed by atoms with Crippen molar-refractivity contribution in [1.29, 1.82) is 0 Å². The van der Waals surface area contributed by atoms with Crippen LogP contribution in [0.5, 0.6) is 0 Å². The third-order valence-electron chi connectivity index (χ3n) is 2.46. The normalized spacial score (nSPS) is 15.1. The summed E-state index contributed by atoms with van der Waals surface area (Å²) >= 11 is 3.40. The zero-order valence-electron chi connectivity index (χ0n) is 7.46. The molecular weight excluding hydrogens is 249 g/mol. The Bertz CT molecular complexity index is 380. The van der Waals surface area contributed by atoms with Crippen LogP contribution < -0.4 is 0 Å². The Morgan fingerprint density at radius 1 is 1.50 bits per heavy atom. The quantitative estimate of drug-likeness (QED) is 0.517. The van der Waals surface area contributed by atoms with Crippen molar-refractivity contribution in [3.05, 3.63) is 33.8 Å². The van der Waals surface area contributed by atoms with Crippen molar-refractivity contribution in [3.8, 4) is 0 Å². The SMILES string of the molecule is O=C(F)N1CCc2cccc(Br)c2C1. The van der Waals surface area contributed by atoms with Crippen LogP contribution in [0.15, 0.2) is 22.7 Å². The monoisotopic (exact) mass is 257 g/mol. The molecular formula is C10H9BrFNO. The molecule has 0 N–H and O–H groups in total. The van der Waals surface area contributed by atoms with E-state index in [4.69, 9.17) is 0 Å². The summed E-state index contributed by atoms with van der Waals surface area (Å²) in [7, 11) is 0. The first-order valence-electron chi connectivity index (χ1n) is 4.39. The Labute approximate surface area is 89.8 Å².